The fourth-order valence-electron chi connectivity index (χ4n) is 4.55. The number of aromatic nitrogens is 2. The fourth-order valence-corrected chi connectivity index (χ4v) is 4.55. The lowest BCUT2D eigenvalue weighted by Gasteiger charge is -2.70. The Balaban J connectivity index is 1.67. The zero-order valence-corrected chi connectivity index (χ0v) is 13.0. The number of carbonyl (C=O) groups is 1. The van der Waals surface area contributed by atoms with Crippen LogP contribution in [0.25, 0.3) is 0 Å². The summed E-state index contributed by atoms with van der Waals surface area (Å²) in [5.41, 5.74) is 0.632. The van der Waals surface area contributed by atoms with E-state index in [1.54, 1.807) is 0 Å². The summed E-state index contributed by atoms with van der Waals surface area (Å²) in [6.45, 7) is -0.140. The maximum atomic E-state index is 13.4. The number of nitrogens with two attached hydrogens (primary N) is 1. The summed E-state index contributed by atoms with van der Waals surface area (Å²) in [7, 11) is 0. The molecule has 2 N–H and O–H groups in total. The van der Waals surface area contributed by atoms with Crippen LogP contribution in [0.4, 0.5) is 26.3 Å². The number of primary amides is 1. The highest BCUT2D eigenvalue weighted by molar-refractivity contribution is 5.93. The van der Waals surface area contributed by atoms with Gasteiger partial charge in [0.25, 0.3) is 5.91 Å². The molecular formula is C15H15F6N3O. The van der Waals surface area contributed by atoms with Crippen molar-refractivity contribution in [2.45, 2.75) is 56.9 Å². The molecule has 5 rings (SSSR count). The van der Waals surface area contributed by atoms with Crippen molar-refractivity contribution in [1.82, 2.24) is 9.78 Å². The topological polar surface area (TPSA) is 60.9 Å². The number of hydrogen-bond donors (Lipinski definition) is 1. The number of halogens is 6. The van der Waals surface area contributed by atoms with E-state index in [-0.39, 0.29) is 37.4 Å². The molecule has 0 aliphatic heterocycles. The molecule has 0 unspecified atom stereocenters. The minimum Gasteiger partial charge on any atom is -0.364 e. The van der Waals surface area contributed by atoms with E-state index in [1.807, 2.05) is 0 Å². The second-order valence-corrected chi connectivity index (χ2v) is 7.71. The third-order valence-corrected chi connectivity index (χ3v) is 5.69. The fraction of sp³-hybridized carbons (Fsp3) is 0.733. The van der Waals surface area contributed by atoms with Gasteiger partial charge < -0.3 is 5.73 Å². The van der Waals surface area contributed by atoms with Crippen molar-refractivity contribution < 1.29 is 31.1 Å². The first-order valence-corrected chi connectivity index (χ1v) is 7.92. The van der Waals surface area contributed by atoms with Gasteiger partial charge in [-0.25, -0.2) is 0 Å². The summed E-state index contributed by atoms with van der Waals surface area (Å²) in [6, 6.07) is 0. The molecule has 4 aliphatic carbocycles. The quantitative estimate of drug-likeness (QED) is 0.827. The van der Waals surface area contributed by atoms with Gasteiger partial charge in [-0.05, 0) is 37.5 Å². The van der Waals surface area contributed by atoms with E-state index >= 15 is 0 Å². The Labute approximate surface area is 138 Å². The summed E-state index contributed by atoms with van der Waals surface area (Å²) < 4.78 is 79.9. The molecule has 4 saturated carbocycles. The Morgan fingerprint density at radius 3 is 2.12 bits per heavy atom. The monoisotopic (exact) mass is 367 g/mol. The molecular weight excluding hydrogens is 352 g/mol. The zero-order valence-electron chi connectivity index (χ0n) is 13.0. The second kappa shape index (κ2) is 4.50. The van der Waals surface area contributed by atoms with Crippen LogP contribution in [0, 0.1) is 10.8 Å². The predicted octanol–water partition coefficient (Wildman–Crippen LogP) is 3.61. The number of nitrogens with zero attached hydrogens (tertiary/aromatic N) is 2. The van der Waals surface area contributed by atoms with E-state index in [9.17, 15) is 31.1 Å². The number of alkyl halides is 6. The Morgan fingerprint density at radius 2 is 1.72 bits per heavy atom. The maximum Gasteiger partial charge on any atom is 0.420 e. The molecule has 1 amide bonds. The molecule has 1 aromatic rings. The first kappa shape index (κ1) is 16.7. The average molecular weight is 367 g/mol. The molecule has 0 spiro atoms. The highest BCUT2D eigenvalue weighted by atomic mass is 19.4. The summed E-state index contributed by atoms with van der Waals surface area (Å²) in [4.78, 5) is 11.7. The van der Waals surface area contributed by atoms with Crippen molar-refractivity contribution in [3.63, 3.8) is 0 Å². The Bertz CT molecular complexity index is 739. The van der Waals surface area contributed by atoms with Crippen molar-refractivity contribution in [3.8, 4) is 0 Å². The zero-order chi connectivity index (χ0) is 18.4. The van der Waals surface area contributed by atoms with Gasteiger partial charge in [0.15, 0.2) is 0 Å². The van der Waals surface area contributed by atoms with E-state index in [2.05, 4.69) is 5.10 Å². The normalized spacial score (nSPS) is 31.4. The molecule has 1 aromatic heterocycles. The van der Waals surface area contributed by atoms with Gasteiger partial charge in [-0.1, -0.05) is 0 Å². The van der Waals surface area contributed by atoms with Crippen molar-refractivity contribution in [2.75, 3.05) is 0 Å². The number of hydrogen-bond acceptors (Lipinski definition) is 2. The Morgan fingerprint density at radius 1 is 1.16 bits per heavy atom. The average Bonchev–Trinajstić information content (AvgIpc) is 3.09. The lowest BCUT2D eigenvalue weighted by molar-refractivity contribution is -0.366. The third-order valence-electron chi connectivity index (χ3n) is 5.69. The van der Waals surface area contributed by atoms with Gasteiger partial charge >= 0.3 is 12.4 Å². The van der Waals surface area contributed by atoms with Crippen LogP contribution >= 0.6 is 0 Å². The Hall–Kier alpha value is -1.74. The van der Waals surface area contributed by atoms with Gasteiger partial charge in [0.05, 0.1) is 11.1 Å². The summed E-state index contributed by atoms with van der Waals surface area (Å²) in [5, 5.41) is 3.95. The smallest absolute Gasteiger partial charge is 0.364 e. The molecule has 0 saturated heterocycles. The van der Waals surface area contributed by atoms with Gasteiger partial charge in [-0.15, -0.1) is 0 Å². The molecule has 0 aromatic carbocycles. The highest BCUT2D eigenvalue weighted by Gasteiger charge is 2.78. The van der Waals surface area contributed by atoms with Gasteiger partial charge in [0.1, 0.15) is 11.3 Å². The van der Waals surface area contributed by atoms with E-state index in [1.165, 1.54) is 0 Å². The standard InChI is InChI=1S/C15H15F6N3O/c16-14(17,18)8-9(7-1-2-7)23-24(10(8)11(22)25)6-12-3-13(4-12,5-12)15(19,20)21/h7H,1-6H2,(H2,22,25). The molecule has 4 aliphatic rings. The van der Waals surface area contributed by atoms with Crippen LogP contribution < -0.4 is 5.73 Å². The lowest BCUT2D eigenvalue weighted by Crippen LogP contribution is -2.69. The Kier molecular flexibility index (Phi) is 3.01. The molecule has 10 heteroatoms. The molecule has 4 fully saturated rings. The van der Waals surface area contributed by atoms with E-state index in [4.69, 9.17) is 5.73 Å². The molecule has 1 heterocycles. The van der Waals surface area contributed by atoms with Gasteiger partial charge in [0.2, 0.25) is 0 Å². The van der Waals surface area contributed by atoms with E-state index < -0.39 is 40.3 Å². The predicted molar refractivity (Wildman–Crippen MR) is 72.5 cm³/mol. The minimum absolute atomic E-state index is 0.137. The summed E-state index contributed by atoms with van der Waals surface area (Å²) in [6.07, 6.45) is -8.42. The van der Waals surface area contributed by atoms with Crippen molar-refractivity contribution >= 4 is 5.91 Å². The first-order valence-electron chi connectivity index (χ1n) is 7.92. The number of carbonyl (C=O) groups excluding carboxylic acids is 1. The van der Waals surface area contributed by atoms with Crippen LogP contribution in [-0.2, 0) is 12.7 Å². The van der Waals surface area contributed by atoms with Gasteiger partial charge in [-0.3, -0.25) is 9.48 Å². The summed E-state index contributed by atoms with van der Waals surface area (Å²) >= 11 is 0. The molecule has 25 heavy (non-hydrogen) atoms. The summed E-state index contributed by atoms with van der Waals surface area (Å²) in [5.74, 6) is -1.63. The largest absolute Gasteiger partial charge is 0.420 e. The highest BCUT2D eigenvalue weighted by Crippen LogP contribution is 2.79. The van der Waals surface area contributed by atoms with Crippen LogP contribution in [0.5, 0.6) is 0 Å². The molecule has 138 valence electrons. The van der Waals surface area contributed by atoms with Crippen molar-refractivity contribution in [2.24, 2.45) is 16.6 Å². The SMILES string of the molecule is NC(=O)c1c(C(F)(F)F)c(C2CC2)nn1CC12CC(C(F)(F)F)(C1)C2. The van der Waals surface area contributed by atoms with E-state index in [0.29, 0.717) is 12.8 Å². The third kappa shape index (κ3) is 2.28. The first-order chi connectivity index (χ1) is 11.4. The lowest BCUT2D eigenvalue weighted by atomic mass is 9.35. The van der Waals surface area contributed by atoms with Crippen LogP contribution in [0.3, 0.4) is 0 Å². The van der Waals surface area contributed by atoms with E-state index in [0.717, 1.165) is 4.68 Å². The molecule has 0 radical (unpaired) electrons. The van der Waals surface area contributed by atoms with Crippen LogP contribution in [0.15, 0.2) is 0 Å². The molecule has 2 bridgehead atoms. The van der Waals surface area contributed by atoms with Crippen LogP contribution in [0.2, 0.25) is 0 Å². The van der Waals surface area contributed by atoms with Crippen LogP contribution in [0.1, 0.15) is 59.8 Å². The maximum absolute atomic E-state index is 13.4. The minimum atomic E-state index is -4.78. The van der Waals surface area contributed by atoms with Crippen LogP contribution in [-0.4, -0.2) is 21.9 Å². The molecule has 4 nitrogen and oxygen atoms in total. The van der Waals surface area contributed by atoms with Gasteiger partial charge in [0, 0.05) is 12.5 Å². The molecule has 0 atom stereocenters. The van der Waals surface area contributed by atoms with Crippen molar-refractivity contribution in [3.05, 3.63) is 17.0 Å². The second-order valence-electron chi connectivity index (χ2n) is 7.71. The number of rotatable bonds is 4. The van der Waals surface area contributed by atoms with Gasteiger partial charge in [-0.2, -0.15) is 31.4 Å². The van der Waals surface area contributed by atoms with Crippen molar-refractivity contribution in [1.29, 1.82) is 0 Å². The number of amides is 1.